The number of halogens is 1. The van der Waals surface area contributed by atoms with Crippen LogP contribution in [0.25, 0.3) is 0 Å². The highest BCUT2D eigenvalue weighted by atomic mass is 35.5. The van der Waals surface area contributed by atoms with Gasteiger partial charge in [-0.3, -0.25) is 4.79 Å². The summed E-state index contributed by atoms with van der Waals surface area (Å²) in [7, 11) is 1.58. The van der Waals surface area contributed by atoms with Gasteiger partial charge in [-0.1, -0.05) is 17.7 Å². The topological polar surface area (TPSA) is 46.5 Å². The van der Waals surface area contributed by atoms with Gasteiger partial charge >= 0.3 is 5.97 Å². The van der Waals surface area contributed by atoms with Gasteiger partial charge in [0, 0.05) is 6.42 Å². The number of hydrogen-bond acceptors (Lipinski definition) is 2. The van der Waals surface area contributed by atoms with Gasteiger partial charge in [-0.25, -0.2) is 0 Å². The van der Waals surface area contributed by atoms with E-state index in [1.807, 2.05) is 19.9 Å². The molecule has 1 aromatic carbocycles. The standard InChI is InChI=1S/C13H17ClO3/c1-8-7-9(2)12(14)13(17-3)10(8)5-4-6-11(15)16/h7H,4-6H2,1-3H3,(H,15,16). The van der Waals surface area contributed by atoms with Crippen molar-refractivity contribution in [3.05, 3.63) is 27.8 Å². The van der Waals surface area contributed by atoms with Crippen LogP contribution < -0.4 is 4.74 Å². The molecule has 0 spiro atoms. The van der Waals surface area contributed by atoms with Crippen molar-refractivity contribution >= 4 is 17.6 Å². The molecule has 3 nitrogen and oxygen atoms in total. The Bertz CT molecular complexity index is 427. The van der Waals surface area contributed by atoms with Gasteiger partial charge in [0.15, 0.2) is 0 Å². The SMILES string of the molecule is COc1c(Cl)c(C)cc(C)c1CCCC(=O)O. The second kappa shape index (κ2) is 5.92. The largest absolute Gasteiger partial charge is 0.495 e. The zero-order valence-electron chi connectivity index (χ0n) is 10.3. The smallest absolute Gasteiger partial charge is 0.303 e. The highest BCUT2D eigenvalue weighted by Gasteiger charge is 2.13. The van der Waals surface area contributed by atoms with Crippen LogP contribution in [0.1, 0.15) is 29.5 Å². The predicted octanol–water partition coefficient (Wildman–Crippen LogP) is 3.37. The van der Waals surface area contributed by atoms with E-state index in [4.69, 9.17) is 21.4 Å². The Labute approximate surface area is 106 Å². The fourth-order valence-electron chi connectivity index (χ4n) is 1.91. The Kier molecular flexibility index (Phi) is 4.82. The number of aliphatic carboxylic acids is 1. The van der Waals surface area contributed by atoms with E-state index in [1.165, 1.54) is 0 Å². The molecule has 0 amide bonds. The Morgan fingerprint density at radius 1 is 1.41 bits per heavy atom. The van der Waals surface area contributed by atoms with E-state index in [0.29, 0.717) is 23.6 Å². The molecule has 94 valence electrons. The molecule has 0 radical (unpaired) electrons. The summed E-state index contributed by atoms with van der Waals surface area (Å²) in [6.45, 7) is 3.92. The van der Waals surface area contributed by atoms with Crippen molar-refractivity contribution in [3.8, 4) is 5.75 Å². The van der Waals surface area contributed by atoms with Gasteiger partial charge < -0.3 is 9.84 Å². The number of benzene rings is 1. The van der Waals surface area contributed by atoms with Gasteiger partial charge in [0.25, 0.3) is 0 Å². The van der Waals surface area contributed by atoms with Crippen LogP contribution in [-0.4, -0.2) is 18.2 Å². The van der Waals surface area contributed by atoms with Gasteiger partial charge in [0.1, 0.15) is 5.75 Å². The van der Waals surface area contributed by atoms with Crippen molar-refractivity contribution in [2.24, 2.45) is 0 Å². The first-order valence-corrected chi connectivity index (χ1v) is 5.89. The molecule has 0 heterocycles. The number of carboxylic acid groups (broad SMARTS) is 1. The molecule has 0 aliphatic heterocycles. The van der Waals surface area contributed by atoms with Crippen molar-refractivity contribution in [3.63, 3.8) is 0 Å². The van der Waals surface area contributed by atoms with Crippen molar-refractivity contribution in [2.75, 3.05) is 7.11 Å². The van der Waals surface area contributed by atoms with E-state index < -0.39 is 5.97 Å². The van der Waals surface area contributed by atoms with Gasteiger partial charge in [-0.05, 0) is 43.4 Å². The summed E-state index contributed by atoms with van der Waals surface area (Å²) in [5.74, 6) is -0.102. The summed E-state index contributed by atoms with van der Waals surface area (Å²) in [6.07, 6.45) is 1.42. The predicted molar refractivity (Wildman–Crippen MR) is 68.1 cm³/mol. The summed E-state index contributed by atoms with van der Waals surface area (Å²) >= 11 is 6.17. The summed E-state index contributed by atoms with van der Waals surface area (Å²) in [5, 5.41) is 9.24. The molecular formula is C13H17ClO3. The van der Waals surface area contributed by atoms with Crippen LogP contribution in [0.15, 0.2) is 6.07 Å². The number of hydrogen-bond donors (Lipinski definition) is 1. The van der Waals surface area contributed by atoms with E-state index >= 15 is 0 Å². The third kappa shape index (κ3) is 3.37. The zero-order valence-corrected chi connectivity index (χ0v) is 11.1. The Morgan fingerprint density at radius 3 is 2.59 bits per heavy atom. The molecule has 0 atom stereocenters. The average molecular weight is 257 g/mol. The number of ether oxygens (including phenoxy) is 1. The first kappa shape index (κ1) is 13.8. The van der Waals surface area contributed by atoms with Gasteiger partial charge in [0.2, 0.25) is 0 Å². The minimum Gasteiger partial charge on any atom is -0.495 e. The van der Waals surface area contributed by atoms with E-state index in [9.17, 15) is 4.79 Å². The number of rotatable bonds is 5. The number of methoxy groups -OCH3 is 1. The van der Waals surface area contributed by atoms with Crippen LogP contribution in [0.4, 0.5) is 0 Å². The molecule has 0 aromatic heterocycles. The highest BCUT2D eigenvalue weighted by molar-refractivity contribution is 6.33. The first-order valence-electron chi connectivity index (χ1n) is 5.51. The lowest BCUT2D eigenvalue weighted by Crippen LogP contribution is -2.01. The Balaban J connectivity index is 2.97. The van der Waals surface area contributed by atoms with Crippen LogP contribution in [0.5, 0.6) is 5.75 Å². The summed E-state index contributed by atoms with van der Waals surface area (Å²) < 4.78 is 5.32. The Morgan fingerprint density at radius 2 is 2.06 bits per heavy atom. The van der Waals surface area contributed by atoms with E-state index in [-0.39, 0.29) is 6.42 Å². The maximum absolute atomic E-state index is 10.5. The van der Waals surface area contributed by atoms with Crippen molar-refractivity contribution < 1.29 is 14.6 Å². The van der Waals surface area contributed by atoms with E-state index in [0.717, 1.165) is 16.7 Å². The minimum absolute atomic E-state index is 0.161. The third-order valence-electron chi connectivity index (χ3n) is 2.75. The average Bonchev–Trinajstić information content (AvgIpc) is 2.25. The van der Waals surface area contributed by atoms with Crippen LogP contribution in [0.2, 0.25) is 5.02 Å². The summed E-state index contributed by atoms with van der Waals surface area (Å²) in [6, 6.07) is 2.00. The summed E-state index contributed by atoms with van der Waals surface area (Å²) in [5.41, 5.74) is 3.07. The van der Waals surface area contributed by atoms with Crippen LogP contribution in [-0.2, 0) is 11.2 Å². The lowest BCUT2D eigenvalue weighted by Gasteiger charge is -2.15. The Hall–Kier alpha value is -1.22. The number of carbonyl (C=O) groups is 1. The van der Waals surface area contributed by atoms with Crippen LogP contribution in [0, 0.1) is 13.8 Å². The molecular weight excluding hydrogens is 240 g/mol. The van der Waals surface area contributed by atoms with Crippen molar-refractivity contribution in [2.45, 2.75) is 33.1 Å². The quantitative estimate of drug-likeness (QED) is 0.879. The molecule has 0 aliphatic rings. The van der Waals surface area contributed by atoms with Gasteiger partial charge in [-0.15, -0.1) is 0 Å². The zero-order chi connectivity index (χ0) is 13.0. The molecule has 0 unspecified atom stereocenters. The lowest BCUT2D eigenvalue weighted by molar-refractivity contribution is -0.137. The molecule has 1 aromatic rings. The van der Waals surface area contributed by atoms with Crippen molar-refractivity contribution in [1.82, 2.24) is 0 Å². The van der Waals surface area contributed by atoms with Gasteiger partial charge in [-0.2, -0.15) is 0 Å². The first-order chi connectivity index (χ1) is 7.97. The fourth-order valence-corrected chi connectivity index (χ4v) is 2.15. The third-order valence-corrected chi connectivity index (χ3v) is 3.22. The second-order valence-electron chi connectivity index (χ2n) is 4.08. The highest BCUT2D eigenvalue weighted by Crippen LogP contribution is 2.35. The maximum atomic E-state index is 10.5. The molecule has 0 fully saturated rings. The number of carboxylic acids is 1. The lowest BCUT2D eigenvalue weighted by atomic mass is 9.99. The molecule has 4 heteroatoms. The molecule has 1 N–H and O–H groups in total. The van der Waals surface area contributed by atoms with Gasteiger partial charge in [0.05, 0.1) is 12.1 Å². The maximum Gasteiger partial charge on any atom is 0.303 e. The molecule has 0 saturated heterocycles. The monoisotopic (exact) mass is 256 g/mol. The molecule has 0 bridgehead atoms. The van der Waals surface area contributed by atoms with E-state index in [2.05, 4.69) is 0 Å². The minimum atomic E-state index is -0.778. The van der Waals surface area contributed by atoms with Crippen LogP contribution >= 0.6 is 11.6 Å². The molecule has 0 saturated carbocycles. The fraction of sp³-hybridized carbons (Fsp3) is 0.462. The molecule has 17 heavy (non-hydrogen) atoms. The normalized spacial score (nSPS) is 10.4. The van der Waals surface area contributed by atoms with E-state index in [1.54, 1.807) is 7.11 Å². The van der Waals surface area contributed by atoms with Crippen LogP contribution in [0.3, 0.4) is 0 Å². The number of aryl methyl sites for hydroxylation is 2. The summed E-state index contributed by atoms with van der Waals surface area (Å²) in [4.78, 5) is 10.5. The second-order valence-corrected chi connectivity index (χ2v) is 4.46. The molecule has 1 rings (SSSR count). The molecule has 0 aliphatic carbocycles. The van der Waals surface area contributed by atoms with Crippen molar-refractivity contribution in [1.29, 1.82) is 0 Å².